The summed E-state index contributed by atoms with van der Waals surface area (Å²) in [5.74, 6) is -0.188. The number of urea groups is 1. The first-order chi connectivity index (χ1) is 8.54. The molecule has 0 heterocycles. The molecule has 18 heavy (non-hydrogen) atoms. The van der Waals surface area contributed by atoms with Gasteiger partial charge in [0.2, 0.25) is 0 Å². The van der Waals surface area contributed by atoms with E-state index in [0.717, 1.165) is 19.3 Å². The number of hydrogen-bond donors (Lipinski definition) is 3. The Morgan fingerprint density at radius 2 is 1.89 bits per heavy atom. The van der Waals surface area contributed by atoms with Crippen molar-refractivity contribution in [2.24, 2.45) is 0 Å². The Morgan fingerprint density at radius 1 is 1.28 bits per heavy atom. The van der Waals surface area contributed by atoms with Gasteiger partial charge < -0.3 is 15.7 Å². The molecule has 6 heteroatoms. The fraction of sp³-hybridized carbons (Fsp3) is 0.417. The van der Waals surface area contributed by atoms with Crippen LogP contribution in [0.15, 0.2) is 12.1 Å². The standard InChI is InChI=1S/C12H16Cl2N2O2/c1-2-3-4-5-15-12(18)16-8-6-9(13)11(17)10(14)7-8/h6-7,17H,2-5H2,1H3,(H2,15,16,18). The first-order valence-corrected chi connectivity index (χ1v) is 6.53. The van der Waals surface area contributed by atoms with Crippen LogP contribution >= 0.6 is 23.2 Å². The Hall–Kier alpha value is -1.13. The molecule has 0 aliphatic rings. The number of amides is 2. The van der Waals surface area contributed by atoms with E-state index in [9.17, 15) is 9.90 Å². The summed E-state index contributed by atoms with van der Waals surface area (Å²) >= 11 is 11.5. The van der Waals surface area contributed by atoms with Crippen molar-refractivity contribution in [3.63, 3.8) is 0 Å². The zero-order valence-electron chi connectivity index (χ0n) is 10.1. The maximum atomic E-state index is 11.5. The molecule has 1 aromatic carbocycles. The summed E-state index contributed by atoms with van der Waals surface area (Å²) in [6.07, 6.45) is 3.13. The lowest BCUT2D eigenvalue weighted by Crippen LogP contribution is -2.29. The molecule has 0 fully saturated rings. The van der Waals surface area contributed by atoms with Crippen molar-refractivity contribution < 1.29 is 9.90 Å². The van der Waals surface area contributed by atoms with E-state index in [1.165, 1.54) is 12.1 Å². The van der Waals surface area contributed by atoms with Crippen molar-refractivity contribution >= 4 is 34.9 Å². The molecule has 2 amide bonds. The number of benzene rings is 1. The number of phenols is 1. The van der Waals surface area contributed by atoms with E-state index in [-0.39, 0.29) is 21.8 Å². The normalized spacial score (nSPS) is 10.2. The van der Waals surface area contributed by atoms with Crippen LogP contribution in [0.5, 0.6) is 5.75 Å². The van der Waals surface area contributed by atoms with E-state index in [2.05, 4.69) is 17.6 Å². The van der Waals surface area contributed by atoms with Crippen LogP contribution in [-0.4, -0.2) is 17.7 Å². The lowest BCUT2D eigenvalue weighted by Gasteiger charge is -2.09. The van der Waals surface area contributed by atoms with Gasteiger partial charge in [-0.3, -0.25) is 0 Å². The molecule has 0 radical (unpaired) electrons. The highest BCUT2D eigenvalue weighted by molar-refractivity contribution is 6.37. The number of anilines is 1. The van der Waals surface area contributed by atoms with Gasteiger partial charge in [0.1, 0.15) is 0 Å². The van der Waals surface area contributed by atoms with E-state index in [1.54, 1.807) is 0 Å². The Kier molecular flexibility index (Phi) is 6.09. The molecule has 0 atom stereocenters. The van der Waals surface area contributed by atoms with Crippen molar-refractivity contribution in [1.82, 2.24) is 5.32 Å². The van der Waals surface area contributed by atoms with E-state index < -0.39 is 0 Å². The fourth-order valence-corrected chi connectivity index (χ4v) is 1.88. The average molecular weight is 291 g/mol. The number of rotatable bonds is 5. The Morgan fingerprint density at radius 3 is 2.44 bits per heavy atom. The van der Waals surface area contributed by atoms with Crippen LogP contribution in [0, 0.1) is 0 Å². The first-order valence-electron chi connectivity index (χ1n) is 5.77. The number of carbonyl (C=O) groups excluding carboxylic acids is 1. The van der Waals surface area contributed by atoms with E-state index >= 15 is 0 Å². The van der Waals surface area contributed by atoms with E-state index in [1.807, 2.05) is 0 Å². The monoisotopic (exact) mass is 290 g/mol. The van der Waals surface area contributed by atoms with Crippen molar-refractivity contribution in [3.8, 4) is 5.75 Å². The highest BCUT2D eigenvalue weighted by Gasteiger charge is 2.08. The highest BCUT2D eigenvalue weighted by Crippen LogP contribution is 2.34. The molecule has 0 unspecified atom stereocenters. The third-order valence-corrected chi connectivity index (χ3v) is 2.92. The first kappa shape index (κ1) is 14.9. The minimum absolute atomic E-state index is 0.101. The number of nitrogens with one attached hydrogen (secondary N) is 2. The number of phenolic OH excluding ortho intramolecular Hbond substituents is 1. The summed E-state index contributed by atoms with van der Waals surface area (Å²) < 4.78 is 0. The van der Waals surface area contributed by atoms with Gasteiger partial charge in [0.15, 0.2) is 5.75 Å². The number of aromatic hydroxyl groups is 1. The van der Waals surface area contributed by atoms with E-state index in [0.29, 0.717) is 12.2 Å². The van der Waals surface area contributed by atoms with Gasteiger partial charge in [-0.15, -0.1) is 0 Å². The molecule has 0 aliphatic carbocycles. The third-order valence-electron chi connectivity index (χ3n) is 2.34. The molecule has 0 saturated heterocycles. The average Bonchev–Trinajstić information content (AvgIpc) is 2.31. The number of halogens is 2. The van der Waals surface area contributed by atoms with Crippen LogP contribution in [-0.2, 0) is 0 Å². The zero-order valence-corrected chi connectivity index (χ0v) is 11.6. The molecular formula is C12H16Cl2N2O2. The van der Waals surface area contributed by atoms with Crippen LogP contribution in [0.4, 0.5) is 10.5 Å². The Labute approximate surface area is 116 Å². The highest BCUT2D eigenvalue weighted by atomic mass is 35.5. The smallest absolute Gasteiger partial charge is 0.319 e. The van der Waals surface area contributed by atoms with Crippen LogP contribution in [0.2, 0.25) is 10.0 Å². The predicted octanol–water partition coefficient (Wildman–Crippen LogP) is 4.01. The van der Waals surface area contributed by atoms with Gasteiger partial charge in [-0.2, -0.15) is 0 Å². The van der Waals surface area contributed by atoms with Gasteiger partial charge >= 0.3 is 6.03 Å². The van der Waals surface area contributed by atoms with Crippen molar-refractivity contribution in [2.75, 3.05) is 11.9 Å². The van der Waals surface area contributed by atoms with Gasteiger partial charge in [-0.1, -0.05) is 43.0 Å². The van der Waals surface area contributed by atoms with Crippen LogP contribution in [0.1, 0.15) is 26.2 Å². The largest absolute Gasteiger partial charge is 0.505 e. The minimum Gasteiger partial charge on any atom is -0.505 e. The van der Waals surface area contributed by atoms with Gasteiger partial charge in [0.05, 0.1) is 10.0 Å². The maximum Gasteiger partial charge on any atom is 0.319 e. The summed E-state index contributed by atoms with van der Waals surface area (Å²) in [5, 5.41) is 14.9. The second-order valence-corrected chi connectivity index (χ2v) is 4.69. The Bertz CT molecular complexity index is 402. The number of hydrogen-bond acceptors (Lipinski definition) is 2. The molecule has 0 aromatic heterocycles. The fourth-order valence-electron chi connectivity index (χ4n) is 1.39. The number of unbranched alkanes of at least 4 members (excludes halogenated alkanes) is 2. The summed E-state index contributed by atoms with van der Waals surface area (Å²) in [6, 6.07) is 2.56. The maximum absolute atomic E-state index is 11.5. The third kappa shape index (κ3) is 4.63. The molecule has 4 nitrogen and oxygen atoms in total. The summed E-state index contributed by atoms with van der Waals surface area (Å²) in [6.45, 7) is 2.72. The Balaban J connectivity index is 2.49. The topological polar surface area (TPSA) is 61.4 Å². The van der Waals surface area contributed by atoms with Gasteiger partial charge in [-0.25, -0.2) is 4.79 Å². The molecule has 3 N–H and O–H groups in total. The molecule has 1 aromatic rings. The van der Waals surface area contributed by atoms with Crippen LogP contribution in [0.3, 0.4) is 0 Å². The van der Waals surface area contributed by atoms with Gasteiger partial charge in [0.25, 0.3) is 0 Å². The lowest BCUT2D eigenvalue weighted by atomic mass is 10.2. The lowest BCUT2D eigenvalue weighted by molar-refractivity contribution is 0.252. The number of carbonyl (C=O) groups is 1. The summed E-state index contributed by atoms with van der Waals surface area (Å²) in [7, 11) is 0. The molecule has 0 bridgehead atoms. The van der Waals surface area contributed by atoms with Crippen LogP contribution in [0.25, 0.3) is 0 Å². The van der Waals surface area contributed by atoms with Crippen molar-refractivity contribution in [2.45, 2.75) is 26.2 Å². The second-order valence-electron chi connectivity index (χ2n) is 3.88. The van der Waals surface area contributed by atoms with Crippen LogP contribution < -0.4 is 10.6 Å². The molecule has 0 saturated carbocycles. The molecular weight excluding hydrogens is 275 g/mol. The molecule has 1 rings (SSSR count). The van der Waals surface area contributed by atoms with Gasteiger partial charge in [-0.05, 0) is 18.6 Å². The molecule has 100 valence electrons. The quantitative estimate of drug-likeness (QED) is 0.567. The van der Waals surface area contributed by atoms with E-state index in [4.69, 9.17) is 23.2 Å². The molecule has 0 aliphatic heterocycles. The second kappa shape index (κ2) is 7.34. The predicted molar refractivity (Wildman–Crippen MR) is 74.7 cm³/mol. The minimum atomic E-state index is -0.316. The SMILES string of the molecule is CCCCCNC(=O)Nc1cc(Cl)c(O)c(Cl)c1. The zero-order chi connectivity index (χ0) is 13.5. The summed E-state index contributed by atoms with van der Waals surface area (Å²) in [5.41, 5.74) is 0.441. The molecule has 0 spiro atoms. The van der Waals surface area contributed by atoms with Crippen molar-refractivity contribution in [3.05, 3.63) is 22.2 Å². The van der Waals surface area contributed by atoms with Crippen molar-refractivity contribution in [1.29, 1.82) is 0 Å². The van der Waals surface area contributed by atoms with Gasteiger partial charge in [0, 0.05) is 12.2 Å². The summed E-state index contributed by atoms with van der Waals surface area (Å²) in [4.78, 5) is 11.5.